The molecule has 2 N–H and O–H groups in total. The van der Waals surface area contributed by atoms with E-state index in [2.05, 4.69) is 14.2 Å². The summed E-state index contributed by atoms with van der Waals surface area (Å²) in [5.74, 6) is -1.37. The first-order valence-corrected chi connectivity index (χ1v) is 10.8. The number of benzene rings is 1. The maximum atomic E-state index is 12.7. The van der Waals surface area contributed by atoms with Gasteiger partial charge in [0.25, 0.3) is 5.88 Å². The van der Waals surface area contributed by atoms with Gasteiger partial charge in [0.15, 0.2) is 5.82 Å². The summed E-state index contributed by atoms with van der Waals surface area (Å²) in [5.41, 5.74) is -5.40. The van der Waals surface area contributed by atoms with E-state index in [0.29, 0.717) is 17.0 Å². The fourth-order valence-electron chi connectivity index (χ4n) is 2.48. The van der Waals surface area contributed by atoms with Crippen molar-refractivity contribution in [1.29, 1.82) is 0 Å². The van der Waals surface area contributed by atoms with Crippen molar-refractivity contribution in [3.8, 4) is 17.3 Å². The second-order valence-electron chi connectivity index (χ2n) is 5.60. The second-order valence-corrected chi connectivity index (χ2v) is 9.72. The van der Waals surface area contributed by atoms with Crippen LogP contribution in [0.2, 0.25) is 5.02 Å². The van der Waals surface area contributed by atoms with Gasteiger partial charge in [-0.25, -0.2) is 4.98 Å². The third-order valence-corrected chi connectivity index (χ3v) is 6.73. The first-order valence-electron chi connectivity index (χ1n) is 7.34. The summed E-state index contributed by atoms with van der Waals surface area (Å²) in [5, 5.41) is 0.295. The van der Waals surface area contributed by atoms with Gasteiger partial charge in [-0.3, -0.25) is 9.11 Å². The Kier molecular flexibility index (Phi) is 5.06. The highest BCUT2D eigenvalue weighted by Crippen LogP contribution is 2.57. The minimum absolute atomic E-state index is 0.0126. The number of rotatable bonds is 3. The molecule has 0 radical (unpaired) electrons. The average Bonchev–Trinajstić information content (AvgIpc) is 2.52. The largest absolute Gasteiger partial charge is 0.534 e. The van der Waals surface area contributed by atoms with Crippen LogP contribution >= 0.6 is 22.2 Å². The van der Waals surface area contributed by atoms with Crippen molar-refractivity contribution < 1.29 is 34.9 Å². The van der Waals surface area contributed by atoms with Crippen molar-refractivity contribution in [2.75, 3.05) is 5.75 Å². The van der Waals surface area contributed by atoms with Crippen LogP contribution in [0, 0.1) is 0 Å². The maximum Gasteiger partial charge on any atom is 0.534 e. The van der Waals surface area contributed by atoms with Crippen LogP contribution in [0.1, 0.15) is 12.1 Å². The van der Waals surface area contributed by atoms with E-state index in [0.717, 1.165) is 0 Å². The summed E-state index contributed by atoms with van der Waals surface area (Å²) in [4.78, 5) is 7.35. The lowest BCUT2D eigenvalue weighted by Gasteiger charge is -2.37. The Hall–Kier alpha value is -1.60. The summed E-state index contributed by atoms with van der Waals surface area (Å²) in [6.07, 6.45) is 0.483. The predicted octanol–water partition coefficient (Wildman–Crippen LogP) is 4.08. The zero-order chi connectivity index (χ0) is 20.0. The topological polar surface area (TPSA) is 110 Å². The molecule has 13 heteroatoms. The van der Waals surface area contributed by atoms with Crippen molar-refractivity contribution >= 4 is 32.3 Å². The molecule has 0 spiro atoms. The van der Waals surface area contributed by atoms with Gasteiger partial charge in [0.1, 0.15) is 4.90 Å². The first-order chi connectivity index (χ1) is 12.4. The number of aromatic nitrogens is 2. The SMILES string of the molecule is O=S(=O)(Oc1nc(-c2cccc(Cl)c2)nc2c1S(O)(O)CCC2)C(F)(F)F. The second kappa shape index (κ2) is 6.78. The molecule has 0 atom stereocenters. The molecule has 27 heavy (non-hydrogen) atoms. The molecule has 7 nitrogen and oxygen atoms in total. The van der Waals surface area contributed by atoms with Crippen molar-refractivity contribution in [1.82, 2.24) is 9.97 Å². The van der Waals surface area contributed by atoms with E-state index >= 15 is 0 Å². The van der Waals surface area contributed by atoms with E-state index in [-0.39, 0.29) is 23.7 Å². The van der Waals surface area contributed by atoms with Crippen molar-refractivity contribution in [3.05, 3.63) is 35.0 Å². The van der Waals surface area contributed by atoms with Gasteiger partial charge in [-0.15, -0.1) is 0 Å². The molecule has 3 rings (SSSR count). The van der Waals surface area contributed by atoms with Crippen LogP contribution in [0.5, 0.6) is 5.88 Å². The fourth-order valence-corrected chi connectivity index (χ4v) is 4.79. The molecule has 1 aromatic heterocycles. The van der Waals surface area contributed by atoms with E-state index in [1.54, 1.807) is 12.1 Å². The highest BCUT2D eigenvalue weighted by Gasteiger charge is 2.50. The lowest BCUT2D eigenvalue weighted by molar-refractivity contribution is -0.0502. The fraction of sp³-hybridized carbons (Fsp3) is 0.286. The number of alkyl halides is 3. The molecule has 0 saturated carbocycles. The van der Waals surface area contributed by atoms with E-state index in [4.69, 9.17) is 11.6 Å². The third kappa shape index (κ3) is 3.99. The minimum atomic E-state index is -6.07. The molecular weight excluding hydrogens is 433 g/mol. The molecule has 1 aliphatic heterocycles. The van der Waals surface area contributed by atoms with Gasteiger partial charge in [-0.05, 0) is 25.0 Å². The highest BCUT2D eigenvalue weighted by molar-refractivity contribution is 8.24. The highest BCUT2D eigenvalue weighted by atomic mass is 35.5. The van der Waals surface area contributed by atoms with Gasteiger partial charge >= 0.3 is 15.6 Å². The summed E-state index contributed by atoms with van der Waals surface area (Å²) in [6, 6.07) is 6.02. The zero-order valence-electron chi connectivity index (χ0n) is 13.3. The lowest BCUT2D eigenvalue weighted by atomic mass is 10.2. The molecule has 2 aromatic rings. The minimum Gasteiger partial charge on any atom is -0.353 e. The maximum absolute atomic E-state index is 12.7. The molecule has 0 aliphatic carbocycles. The van der Waals surface area contributed by atoms with Crippen molar-refractivity contribution in [3.63, 3.8) is 0 Å². The molecule has 1 aliphatic rings. The molecule has 148 valence electrons. The number of hydrogen-bond donors (Lipinski definition) is 2. The summed E-state index contributed by atoms with van der Waals surface area (Å²) in [6.45, 7) is 0. The van der Waals surface area contributed by atoms with Crippen molar-refractivity contribution in [2.45, 2.75) is 23.2 Å². The number of hydrogen-bond acceptors (Lipinski definition) is 7. The Morgan fingerprint density at radius 1 is 1.22 bits per heavy atom. The van der Waals surface area contributed by atoms with Crippen LogP contribution < -0.4 is 4.18 Å². The quantitative estimate of drug-likeness (QED) is 0.542. The van der Waals surface area contributed by atoms with Gasteiger partial charge in [0.05, 0.1) is 5.69 Å². The molecule has 0 fully saturated rings. The molecule has 0 amide bonds. The smallest absolute Gasteiger partial charge is 0.353 e. The van der Waals surface area contributed by atoms with Crippen LogP contribution in [-0.2, 0) is 16.5 Å². The van der Waals surface area contributed by atoms with E-state index in [1.165, 1.54) is 12.1 Å². The molecule has 0 bridgehead atoms. The summed E-state index contributed by atoms with van der Waals surface area (Å²) >= 11 is 5.88. The lowest BCUT2D eigenvalue weighted by Crippen LogP contribution is -2.29. The van der Waals surface area contributed by atoms with Gasteiger partial charge in [0.2, 0.25) is 0 Å². The van der Waals surface area contributed by atoms with Crippen LogP contribution in [-0.4, -0.2) is 38.8 Å². The number of aryl methyl sites for hydroxylation is 1. The summed E-state index contributed by atoms with van der Waals surface area (Å²) in [7, 11) is -9.67. The Bertz CT molecular complexity index is 999. The zero-order valence-corrected chi connectivity index (χ0v) is 15.7. The number of nitrogens with zero attached hydrogens (tertiary/aromatic N) is 2. The van der Waals surface area contributed by atoms with E-state index in [9.17, 15) is 30.7 Å². The third-order valence-electron chi connectivity index (χ3n) is 3.63. The normalized spacial score (nSPS) is 17.9. The van der Waals surface area contributed by atoms with E-state index < -0.39 is 37.0 Å². The Morgan fingerprint density at radius 3 is 2.56 bits per heavy atom. The summed E-state index contributed by atoms with van der Waals surface area (Å²) < 4.78 is 85.6. The van der Waals surface area contributed by atoms with Gasteiger partial charge in [-0.2, -0.15) is 37.2 Å². The van der Waals surface area contributed by atoms with Crippen LogP contribution in [0.15, 0.2) is 29.2 Å². The molecule has 2 heterocycles. The monoisotopic (exact) mass is 444 g/mol. The molecule has 0 unspecified atom stereocenters. The van der Waals surface area contributed by atoms with Crippen LogP contribution in [0.3, 0.4) is 0 Å². The van der Waals surface area contributed by atoms with E-state index in [1.807, 2.05) is 0 Å². The van der Waals surface area contributed by atoms with Gasteiger partial charge < -0.3 is 4.18 Å². The number of fused-ring (bicyclic) bond motifs is 1. The molecule has 0 saturated heterocycles. The van der Waals surface area contributed by atoms with Gasteiger partial charge in [-0.1, -0.05) is 23.7 Å². The number of halogens is 4. The van der Waals surface area contributed by atoms with Crippen molar-refractivity contribution in [2.24, 2.45) is 0 Å². The first kappa shape index (κ1) is 20.1. The van der Waals surface area contributed by atoms with Crippen LogP contribution in [0.25, 0.3) is 11.4 Å². The average molecular weight is 445 g/mol. The Morgan fingerprint density at radius 2 is 1.93 bits per heavy atom. The molecule has 1 aromatic carbocycles. The standard InChI is InChI=1S/C14H12ClF3N2O5S2/c15-9-4-1-3-8(7-9)12-19-10-5-2-6-26(21,22)11(10)13(20-12)25-27(23,24)14(16,17)18/h1,3-4,7,21-22H,2,5-6H2. The Labute approximate surface area is 158 Å². The predicted molar refractivity (Wildman–Crippen MR) is 92.4 cm³/mol. The molecular formula is C14H12ClF3N2O5S2. The van der Waals surface area contributed by atoms with Gasteiger partial charge in [0, 0.05) is 16.3 Å². The Balaban J connectivity index is 2.22. The van der Waals surface area contributed by atoms with Crippen LogP contribution in [0.4, 0.5) is 13.2 Å².